The van der Waals surface area contributed by atoms with E-state index in [9.17, 15) is 15.2 Å². The Labute approximate surface area is 146 Å². The smallest absolute Gasteiger partial charge is 0.410 e. The summed E-state index contributed by atoms with van der Waals surface area (Å²) >= 11 is 0. The van der Waals surface area contributed by atoms with Crippen molar-refractivity contribution in [1.82, 2.24) is 4.90 Å². The van der Waals surface area contributed by atoms with Gasteiger partial charge in [-0.1, -0.05) is 20.8 Å². The number of hydrogen-bond acceptors (Lipinski definition) is 4. The molecule has 4 atom stereocenters. The van der Waals surface area contributed by atoms with Crippen LogP contribution in [0.1, 0.15) is 60.8 Å². The summed E-state index contributed by atoms with van der Waals surface area (Å²) in [7, 11) is 0. The molecule has 1 N–H and O–H groups in total. The van der Waals surface area contributed by atoms with Crippen LogP contribution in [0.25, 0.3) is 0 Å². The van der Waals surface area contributed by atoms with E-state index in [0.29, 0.717) is 19.5 Å². The van der Waals surface area contributed by atoms with Crippen molar-refractivity contribution in [2.45, 2.75) is 72.5 Å². The first-order valence-electron chi connectivity index (χ1n) is 8.96. The van der Waals surface area contributed by atoms with Gasteiger partial charge in [0.15, 0.2) is 0 Å². The summed E-state index contributed by atoms with van der Waals surface area (Å²) in [6.07, 6.45) is 1.48. The van der Waals surface area contributed by atoms with Gasteiger partial charge in [-0.25, -0.2) is 4.79 Å². The zero-order valence-electron chi connectivity index (χ0n) is 15.9. The number of carbonyl (C=O) groups excluding carboxylic acids is 1. The summed E-state index contributed by atoms with van der Waals surface area (Å²) in [4.78, 5) is 14.2. The van der Waals surface area contributed by atoms with E-state index in [1.54, 1.807) is 4.90 Å². The van der Waals surface area contributed by atoms with Crippen molar-refractivity contribution in [3.05, 3.63) is 0 Å². The molecule has 136 valence electrons. The SMILES string of the molecule is CC(C)(C)OC(=O)N1CC[C@@H]2C(C)(C)C(O)C(C#N)C[C@@]2(C)CC1. The molecule has 0 aromatic rings. The molecule has 0 bridgehead atoms. The quantitative estimate of drug-likeness (QED) is 0.734. The largest absolute Gasteiger partial charge is 0.444 e. The molecule has 1 aliphatic heterocycles. The molecule has 2 rings (SSSR count). The topological polar surface area (TPSA) is 73.6 Å². The van der Waals surface area contributed by atoms with Gasteiger partial charge in [-0.2, -0.15) is 5.26 Å². The Bertz CT molecular complexity index is 532. The molecule has 24 heavy (non-hydrogen) atoms. The number of ether oxygens (including phenoxy) is 1. The van der Waals surface area contributed by atoms with E-state index in [1.165, 1.54) is 0 Å². The monoisotopic (exact) mass is 336 g/mol. The molecule has 2 aliphatic rings. The number of rotatable bonds is 0. The minimum Gasteiger partial charge on any atom is -0.444 e. The number of nitrogens with zero attached hydrogens (tertiary/aromatic N) is 2. The third kappa shape index (κ3) is 3.54. The van der Waals surface area contributed by atoms with Crippen LogP contribution in [-0.4, -0.2) is 40.9 Å². The molecule has 5 heteroatoms. The van der Waals surface area contributed by atoms with Crippen LogP contribution in [0.15, 0.2) is 0 Å². The number of fused-ring (bicyclic) bond motifs is 1. The first-order valence-corrected chi connectivity index (χ1v) is 8.96. The molecule has 0 aromatic carbocycles. The maximum Gasteiger partial charge on any atom is 0.410 e. The Morgan fingerprint density at radius 3 is 2.46 bits per heavy atom. The molecule has 5 nitrogen and oxygen atoms in total. The molecular weight excluding hydrogens is 304 g/mol. The predicted octanol–water partition coefficient (Wildman–Crippen LogP) is 3.57. The molecule has 1 saturated carbocycles. The second kappa shape index (κ2) is 6.22. The van der Waals surface area contributed by atoms with Crippen molar-refractivity contribution in [3.8, 4) is 6.07 Å². The van der Waals surface area contributed by atoms with E-state index in [2.05, 4.69) is 26.8 Å². The lowest BCUT2D eigenvalue weighted by Gasteiger charge is -2.54. The zero-order chi connectivity index (χ0) is 18.3. The van der Waals surface area contributed by atoms with E-state index in [1.807, 2.05) is 20.8 Å². The van der Waals surface area contributed by atoms with Crippen LogP contribution in [0.4, 0.5) is 4.79 Å². The van der Waals surface area contributed by atoms with Gasteiger partial charge in [-0.3, -0.25) is 0 Å². The lowest BCUT2D eigenvalue weighted by molar-refractivity contribution is -0.116. The fourth-order valence-electron chi connectivity index (χ4n) is 4.79. The van der Waals surface area contributed by atoms with E-state index in [-0.39, 0.29) is 28.8 Å². The highest BCUT2D eigenvalue weighted by molar-refractivity contribution is 5.68. The molecular formula is C19H32N2O3. The summed E-state index contributed by atoms with van der Waals surface area (Å²) < 4.78 is 5.52. The van der Waals surface area contributed by atoms with Gasteiger partial charge < -0.3 is 14.7 Å². The average Bonchev–Trinajstić information content (AvgIpc) is 2.61. The summed E-state index contributed by atoms with van der Waals surface area (Å²) in [5.74, 6) is -0.0636. The van der Waals surface area contributed by atoms with Gasteiger partial charge in [-0.05, 0) is 56.8 Å². The number of carbonyl (C=O) groups is 1. The lowest BCUT2D eigenvalue weighted by atomic mass is 9.51. The highest BCUT2D eigenvalue weighted by Crippen LogP contribution is 2.57. The molecule has 1 amide bonds. The summed E-state index contributed by atoms with van der Waals surface area (Å²) in [6.45, 7) is 13.3. The standard InChI is InChI=1S/C19H32N2O3/c1-17(2,3)24-16(23)21-9-7-14-18(4,5)15(22)13(12-20)11-19(14,6)8-10-21/h13-15,22H,7-11H2,1-6H3/t13?,14-,15?,19-/m1/s1. The van der Waals surface area contributed by atoms with Gasteiger partial charge in [0.25, 0.3) is 0 Å². The Hall–Kier alpha value is -1.28. The Kier molecular flexibility index (Phi) is 4.94. The van der Waals surface area contributed by atoms with Crippen LogP contribution in [-0.2, 0) is 4.74 Å². The number of hydrogen-bond donors (Lipinski definition) is 1. The fourth-order valence-corrected chi connectivity index (χ4v) is 4.79. The van der Waals surface area contributed by atoms with Crippen LogP contribution in [0, 0.1) is 34.0 Å². The van der Waals surface area contributed by atoms with Gasteiger partial charge in [0.2, 0.25) is 0 Å². The highest BCUT2D eigenvalue weighted by atomic mass is 16.6. The maximum atomic E-state index is 12.4. The van der Waals surface area contributed by atoms with Crippen molar-refractivity contribution < 1.29 is 14.6 Å². The van der Waals surface area contributed by atoms with Gasteiger partial charge in [-0.15, -0.1) is 0 Å². The van der Waals surface area contributed by atoms with Crippen molar-refractivity contribution in [3.63, 3.8) is 0 Å². The first-order chi connectivity index (χ1) is 10.9. The third-order valence-corrected chi connectivity index (χ3v) is 6.03. The molecule has 0 aromatic heterocycles. The summed E-state index contributed by atoms with van der Waals surface area (Å²) in [5, 5.41) is 20.1. The van der Waals surface area contributed by atoms with Gasteiger partial charge in [0.1, 0.15) is 5.60 Å². The average molecular weight is 336 g/mol. The van der Waals surface area contributed by atoms with E-state index in [0.717, 1.165) is 12.8 Å². The molecule has 1 heterocycles. The first kappa shape index (κ1) is 19.1. The number of nitriles is 1. The minimum atomic E-state index is -0.617. The van der Waals surface area contributed by atoms with E-state index >= 15 is 0 Å². The molecule has 1 aliphatic carbocycles. The normalized spacial score (nSPS) is 36.2. The number of aliphatic hydroxyl groups is 1. The predicted molar refractivity (Wildman–Crippen MR) is 92.1 cm³/mol. The molecule has 0 spiro atoms. The Balaban J connectivity index is 2.21. The zero-order valence-corrected chi connectivity index (χ0v) is 15.9. The Morgan fingerprint density at radius 1 is 1.29 bits per heavy atom. The van der Waals surface area contributed by atoms with Crippen LogP contribution >= 0.6 is 0 Å². The number of amides is 1. The van der Waals surface area contributed by atoms with Crippen LogP contribution in [0.5, 0.6) is 0 Å². The van der Waals surface area contributed by atoms with Crippen LogP contribution < -0.4 is 0 Å². The Morgan fingerprint density at radius 2 is 1.92 bits per heavy atom. The van der Waals surface area contributed by atoms with Gasteiger partial charge >= 0.3 is 6.09 Å². The van der Waals surface area contributed by atoms with Crippen LogP contribution in [0.2, 0.25) is 0 Å². The van der Waals surface area contributed by atoms with Gasteiger partial charge in [0.05, 0.1) is 18.1 Å². The highest BCUT2D eigenvalue weighted by Gasteiger charge is 2.55. The molecule has 2 fully saturated rings. The lowest BCUT2D eigenvalue weighted by Crippen LogP contribution is -2.53. The van der Waals surface area contributed by atoms with Crippen molar-refractivity contribution in [2.75, 3.05) is 13.1 Å². The second-order valence-electron chi connectivity index (χ2n) is 9.42. The fraction of sp³-hybridized carbons (Fsp3) is 0.895. The summed E-state index contributed by atoms with van der Waals surface area (Å²) in [6, 6.07) is 2.30. The van der Waals surface area contributed by atoms with Crippen LogP contribution in [0.3, 0.4) is 0 Å². The minimum absolute atomic E-state index is 0.0418. The molecule has 0 radical (unpaired) electrons. The van der Waals surface area contributed by atoms with Crippen molar-refractivity contribution in [1.29, 1.82) is 5.26 Å². The van der Waals surface area contributed by atoms with Crippen molar-refractivity contribution >= 4 is 6.09 Å². The van der Waals surface area contributed by atoms with E-state index < -0.39 is 11.7 Å². The number of likely N-dealkylation sites (tertiary alicyclic amines) is 1. The summed E-state index contributed by atoms with van der Waals surface area (Å²) in [5.41, 5.74) is -0.876. The maximum absolute atomic E-state index is 12.4. The second-order valence-corrected chi connectivity index (χ2v) is 9.42. The van der Waals surface area contributed by atoms with Gasteiger partial charge in [0, 0.05) is 13.1 Å². The van der Waals surface area contributed by atoms with Crippen molar-refractivity contribution in [2.24, 2.45) is 22.7 Å². The van der Waals surface area contributed by atoms with E-state index in [4.69, 9.17) is 4.74 Å². The third-order valence-electron chi connectivity index (χ3n) is 6.03. The molecule has 1 saturated heterocycles. The number of aliphatic hydroxyl groups excluding tert-OH is 1. The molecule has 2 unspecified atom stereocenters.